The van der Waals surface area contributed by atoms with Crippen LogP contribution in [0, 0.1) is 5.92 Å². The van der Waals surface area contributed by atoms with Crippen molar-refractivity contribution in [1.82, 2.24) is 0 Å². The van der Waals surface area contributed by atoms with Crippen molar-refractivity contribution in [3.63, 3.8) is 0 Å². The summed E-state index contributed by atoms with van der Waals surface area (Å²) in [5.41, 5.74) is 0. The van der Waals surface area contributed by atoms with Crippen molar-refractivity contribution in [3.05, 3.63) is 24.3 Å². The Balaban J connectivity index is 3.97. The van der Waals surface area contributed by atoms with Gasteiger partial charge >= 0.3 is 19.8 Å². The van der Waals surface area contributed by atoms with E-state index in [1.807, 2.05) is 12.2 Å². The van der Waals surface area contributed by atoms with Crippen LogP contribution in [0.3, 0.4) is 0 Å². The summed E-state index contributed by atoms with van der Waals surface area (Å²) in [6, 6.07) is 0. The van der Waals surface area contributed by atoms with E-state index >= 15 is 0 Å². The molecule has 0 heterocycles. The Morgan fingerprint density at radius 1 is 0.596 bits per heavy atom. The van der Waals surface area contributed by atoms with Crippen LogP contribution in [0.25, 0.3) is 0 Å². The molecule has 304 valence electrons. The number of rotatable bonds is 38. The van der Waals surface area contributed by atoms with Gasteiger partial charge in [-0.25, -0.2) is 4.57 Å². The van der Waals surface area contributed by atoms with Gasteiger partial charge in [0.15, 0.2) is 11.9 Å². The molecule has 9 nitrogen and oxygen atoms in total. The molecule has 0 aromatic heterocycles. The van der Waals surface area contributed by atoms with Gasteiger partial charge in [-0.1, -0.05) is 167 Å². The quantitative estimate of drug-likeness (QED) is 0.0207. The van der Waals surface area contributed by atoms with E-state index in [9.17, 15) is 18.9 Å². The fraction of sp³-hybridized carbons (Fsp3) is 0.833. The van der Waals surface area contributed by atoms with Gasteiger partial charge in [0.25, 0.3) is 0 Å². The summed E-state index contributed by atoms with van der Waals surface area (Å²) in [4.78, 5) is 54.8. The van der Waals surface area contributed by atoms with Gasteiger partial charge < -0.3 is 19.3 Å². The van der Waals surface area contributed by atoms with E-state index in [0.717, 1.165) is 57.3 Å². The minimum Gasteiger partial charge on any atom is -0.462 e. The summed E-state index contributed by atoms with van der Waals surface area (Å²) in [7, 11) is -4.78. The number of ketones is 1. The third kappa shape index (κ3) is 39.4. The predicted octanol–water partition coefficient (Wildman–Crippen LogP) is 11.8. The van der Waals surface area contributed by atoms with E-state index in [1.54, 1.807) is 6.08 Å². The number of carbonyl (C=O) groups excluding carboxylic acids is 3. The summed E-state index contributed by atoms with van der Waals surface area (Å²) in [5.74, 6) is -0.0269. The summed E-state index contributed by atoms with van der Waals surface area (Å²) in [5, 5.41) is 0. The van der Waals surface area contributed by atoms with Gasteiger partial charge in [0, 0.05) is 19.3 Å². The van der Waals surface area contributed by atoms with E-state index in [4.69, 9.17) is 19.3 Å². The Hall–Kier alpha value is -1.80. The maximum atomic E-state index is 12.4. The molecule has 0 rings (SSSR count). The molecular formula is C42H77O9P. The first-order chi connectivity index (χ1) is 25.0. The zero-order chi connectivity index (χ0) is 38.5. The second-order valence-electron chi connectivity index (χ2n) is 14.8. The van der Waals surface area contributed by atoms with Crippen molar-refractivity contribution >= 4 is 25.5 Å². The van der Waals surface area contributed by atoms with Gasteiger partial charge in [0.2, 0.25) is 0 Å². The van der Waals surface area contributed by atoms with Gasteiger partial charge in [-0.05, 0) is 44.1 Å². The molecule has 0 amide bonds. The van der Waals surface area contributed by atoms with Crippen molar-refractivity contribution in [2.45, 2.75) is 207 Å². The van der Waals surface area contributed by atoms with E-state index in [0.29, 0.717) is 19.3 Å². The van der Waals surface area contributed by atoms with Crippen molar-refractivity contribution in [2.75, 3.05) is 13.2 Å². The molecule has 0 saturated heterocycles. The highest BCUT2D eigenvalue weighted by molar-refractivity contribution is 7.46. The number of hydrogen-bond acceptors (Lipinski definition) is 7. The zero-order valence-electron chi connectivity index (χ0n) is 33.4. The van der Waals surface area contributed by atoms with E-state index in [1.165, 1.54) is 96.3 Å². The van der Waals surface area contributed by atoms with Crippen LogP contribution in [0.1, 0.15) is 201 Å². The highest BCUT2D eigenvalue weighted by Gasteiger charge is 2.23. The molecule has 0 radical (unpaired) electrons. The number of hydrogen-bond donors (Lipinski definition) is 2. The normalized spacial score (nSPS) is 12.7. The van der Waals surface area contributed by atoms with Crippen molar-refractivity contribution in [2.24, 2.45) is 5.92 Å². The predicted molar refractivity (Wildman–Crippen MR) is 212 cm³/mol. The van der Waals surface area contributed by atoms with Crippen LogP contribution < -0.4 is 0 Å². The molecular weight excluding hydrogens is 679 g/mol. The minimum absolute atomic E-state index is 0.112. The molecule has 0 aliphatic rings. The molecule has 0 aliphatic carbocycles. The maximum Gasteiger partial charge on any atom is 0.469 e. The van der Waals surface area contributed by atoms with Crippen LogP contribution in [0.2, 0.25) is 0 Å². The van der Waals surface area contributed by atoms with Gasteiger partial charge in [0.05, 0.1) is 6.61 Å². The molecule has 0 bridgehead atoms. The number of esters is 2. The van der Waals surface area contributed by atoms with Crippen molar-refractivity contribution in [1.29, 1.82) is 0 Å². The molecule has 0 aromatic carbocycles. The average molecular weight is 757 g/mol. The van der Waals surface area contributed by atoms with E-state index in [-0.39, 0.29) is 25.2 Å². The first-order valence-electron chi connectivity index (χ1n) is 20.9. The third-order valence-electron chi connectivity index (χ3n) is 9.13. The summed E-state index contributed by atoms with van der Waals surface area (Å²) in [6.45, 7) is 5.89. The Bertz CT molecular complexity index is 973. The number of phosphoric ester groups is 1. The lowest BCUT2D eigenvalue weighted by molar-refractivity contribution is -0.161. The lowest BCUT2D eigenvalue weighted by Crippen LogP contribution is -2.29. The SMILES string of the molecule is CCCCC/C=C\C=C\C(=O)CCCCCCCC(=O)O[C@H](COC(=O)CCCCCCCCCCCCCCCCCC(C)C)COP(=O)(O)O. The summed E-state index contributed by atoms with van der Waals surface area (Å²) < 4.78 is 26.3. The maximum absolute atomic E-state index is 12.4. The zero-order valence-corrected chi connectivity index (χ0v) is 34.3. The largest absolute Gasteiger partial charge is 0.469 e. The number of carbonyl (C=O) groups is 3. The molecule has 0 saturated carbocycles. The highest BCUT2D eigenvalue weighted by Crippen LogP contribution is 2.36. The third-order valence-corrected chi connectivity index (χ3v) is 9.61. The Labute approximate surface area is 317 Å². The van der Waals surface area contributed by atoms with Gasteiger partial charge in [0.1, 0.15) is 6.61 Å². The fourth-order valence-electron chi connectivity index (χ4n) is 5.95. The smallest absolute Gasteiger partial charge is 0.462 e. The van der Waals surface area contributed by atoms with Crippen LogP contribution in [0.15, 0.2) is 24.3 Å². The average Bonchev–Trinajstić information content (AvgIpc) is 3.09. The van der Waals surface area contributed by atoms with Crippen LogP contribution in [-0.4, -0.2) is 46.8 Å². The molecule has 0 fully saturated rings. The number of unbranched alkanes of at least 4 members (excludes halogenated alkanes) is 21. The molecule has 0 aromatic rings. The number of allylic oxidation sites excluding steroid dienone is 4. The van der Waals surface area contributed by atoms with Crippen LogP contribution >= 0.6 is 7.82 Å². The molecule has 52 heavy (non-hydrogen) atoms. The monoisotopic (exact) mass is 757 g/mol. The summed E-state index contributed by atoms with van der Waals surface area (Å²) >= 11 is 0. The van der Waals surface area contributed by atoms with E-state index < -0.39 is 32.5 Å². The van der Waals surface area contributed by atoms with Gasteiger partial charge in [-0.3, -0.25) is 18.9 Å². The standard InChI is InChI=1S/C42H77O9P/c1-4-5-6-7-17-22-27-32-39(43)33-28-23-20-25-30-35-42(45)51-40(37-50-52(46,47)48)36-49-41(44)34-29-24-19-16-14-12-10-8-9-11-13-15-18-21-26-31-38(2)3/h17,22,27,32,38,40H,4-16,18-21,23-26,28-31,33-37H2,1-3H3,(H2,46,47,48)/b22-17-,32-27+/t40-/m1/s1. The Morgan fingerprint density at radius 3 is 1.58 bits per heavy atom. The lowest BCUT2D eigenvalue weighted by Gasteiger charge is -2.18. The first-order valence-corrected chi connectivity index (χ1v) is 22.5. The van der Waals surface area contributed by atoms with Crippen LogP contribution in [0.5, 0.6) is 0 Å². The molecule has 0 aliphatic heterocycles. The highest BCUT2D eigenvalue weighted by atomic mass is 31.2. The molecule has 1 atom stereocenters. The second kappa shape index (κ2) is 36.2. The minimum atomic E-state index is -4.78. The van der Waals surface area contributed by atoms with E-state index in [2.05, 4.69) is 31.4 Å². The molecule has 0 spiro atoms. The Kier molecular flexibility index (Phi) is 34.9. The number of phosphoric acid groups is 1. The lowest BCUT2D eigenvalue weighted by atomic mass is 10.0. The summed E-state index contributed by atoms with van der Waals surface area (Å²) in [6.07, 6.45) is 35.8. The van der Waals surface area contributed by atoms with Crippen molar-refractivity contribution in [3.8, 4) is 0 Å². The molecule has 2 N–H and O–H groups in total. The first kappa shape index (κ1) is 50.2. The van der Waals surface area contributed by atoms with Crippen LogP contribution in [0.4, 0.5) is 0 Å². The number of ether oxygens (including phenoxy) is 2. The fourth-order valence-corrected chi connectivity index (χ4v) is 6.31. The molecule has 10 heteroatoms. The molecule has 0 unspecified atom stereocenters. The van der Waals surface area contributed by atoms with Crippen LogP contribution in [-0.2, 0) is 32.9 Å². The second-order valence-corrected chi connectivity index (χ2v) is 16.1. The Morgan fingerprint density at radius 2 is 1.08 bits per heavy atom. The van der Waals surface area contributed by atoms with Crippen molar-refractivity contribution < 1.29 is 42.7 Å². The topological polar surface area (TPSA) is 136 Å². The van der Waals surface area contributed by atoms with Gasteiger partial charge in [-0.2, -0.15) is 0 Å². The van der Waals surface area contributed by atoms with Gasteiger partial charge in [-0.15, -0.1) is 0 Å².